The Morgan fingerprint density at radius 1 is 1.00 bits per heavy atom. The lowest BCUT2D eigenvalue weighted by molar-refractivity contribution is 0.0771. The van der Waals surface area contributed by atoms with E-state index in [2.05, 4.69) is 0 Å². The van der Waals surface area contributed by atoms with Crippen LogP contribution in [-0.4, -0.2) is 38.1 Å². The zero-order valence-corrected chi connectivity index (χ0v) is 15.8. The Morgan fingerprint density at radius 2 is 1.73 bits per heavy atom. The van der Waals surface area contributed by atoms with Crippen LogP contribution in [0.1, 0.15) is 26.9 Å². The Kier molecular flexibility index (Phi) is 4.54. The molecule has 1 atom stereocenters. The van der Waals surface area contributed by atoms with Crippen LogP contribution in [0.2, 0.25) is 0 Å². The van der Waals surface area contributed by atoms with Gasteiger partial charge in [0.15, 0.2) is 9.84 Å². The van der Waals surface area contributed by atoms with Gasteiger partial charge in [0.1, 0.15) is 0 Å². The van der Waals surface area contributed by atoms with Crippen LogP contribution >= 0.6 is 11.3 Å². The van der Waals surface area contributed by atoms with Crippen molar-refractivity contribution in [1.29, 1.82) is 0 Å². The molecule has 2 aromatic carbocycles. The number of carbonyl (C=O) groups excluding carboxylic acids is 1. The number of benzene rings is 2. The van der Waals surface area contributed by atoms with Crippen LogP contribution < -0.4 is 0 Å². The van der Waals surface area contributed by atoms with Gasteiger partial charge in [0.2, 0.25) is 0 Å². The quantitative estimate of drug-likeness (QED) is 0.672. The number of carbonyl (C=O) groups is 1. The summed E-state index contributed by atoms with van der Waals surface area (Å²) in [6, 6.07) is 19.1. The summed E-state index contributed by atoms with van der Waals surface area (Å²) in [5, 5.41) is 0.509. The van der Waals surface area contributed by atoms with E-state index in [0.29, 0.717) is 17.8 Å². The summed E-state index contributed by atoms with van der Waals surface area (Å²) in [4.78, 5) is 15.3. The average molecular weight is 386 g/mol. The lowest BCUT2D eigenvalue weighted by Gasteiger charge is -2.19. The van der Waals surface area contributed by atoms with Crippen molar-refractivity contribution in [3.63, 3.8) is 0 Å². The first-order valence-electron chi connectivity index (χ1n) is 8.59. The van der Waals surface area contributed by atoms with E-state index in [1.807, 2.05) is 60.7 Å². The Labute approximate surface area is 157 Å². The second-order valence-electron chi connectivity index (χ2n) is 6.50. The number of nitrogens with zero attached hydrogens (tertiary/aromatic N) is 1. The third-order valence-corrected chi connectivity index (χ3v) is 8.07. The number of hydrogen-bond acceptors (Lipinski definition) is 4. The van der Waals surface area contributed by atoms with Gasteiger partial charge in [0.25, 0.3) is 5.91 Å². The molecule has 1 aromatic heterocycles. The lowest BCUT2D eigenvalue weighted by Crippen LogP contribution is -2.33. The minimum Gasteiger partial charge on any atom is -0.337 e. The highest BCUT2D eigenvalue weighted by molar-refractivity contribution is 7.91. The van der Waals surface area contributed by atoms with Gasteiger partial charge in [0, 0.05) is 17.8 Å². The van der Waals surface area contributed by atoms with Crippen molar-refractivity contribution in [2.45, 2.75) is 11.7 Å². The summed E-state index contributed by atoms with van der Waals surface area (Å²) >= 11 is 1.46. The van der Waals surface area contributed by atoms with Crippen LogP contribution in [0.3, 0.4) is 0 Å². The molecule has 26 heavy (non-hydrogen) atoms. The average Bonchev–Trinajstić information content (AvgIpc) is 3.01. The van der Waals surface area contributed by atoms with E-state index >= 15 is 0 Å². The van der Waals surface area contributed by atoms with E-state index in [1.54, 1.807) is 4.90 Å². The third kappa shape index (κ3) is 3.27. The molecule has 1 aliphatic heterocycles. The smallest absolute Gasteiger partial charge is 0.263 e. The molecule has 4 nitrogen and oxygen atoms in total. The summed E-state index contributed by atoms with van der Waals surface area (Å²) in [7, 11) is -3.28. The number of amides is 1. The minimum absolute atomic E-state index is 0.00317. The Morgan fingerprint density at radius 3 is 2.50 bits per heavy atom. The fourth-order valence-electron chi connectivity index (χ4n) is 3.43. The highest BCUT2D eigenvalue weighted by Crippen LogP contribution is 2.31. The van der Waals surface area contributed by atoms with Crippen LogP contribution in [0.15, 0.2) is 60.7 Å². The third-order valence-electron chi connectivity index (χ3n) is 4.84. The predicted octanol–water partition coefficient (Wildman–Crippen LogP) is 3.90. The molecule has 0 spiro atoms. The van der Waals surface area contributed by atoms with Gasteiger partial charge in [0.05, 0.1) is 15.9 Å². The SMILES string of the molecule is O=C(c1cc2ccccc2s1)N1CCC(c2ccccc2)S(=O)(=O)CC1. The molecule has 1 saturated heterocycles. The number of rotatable bonds is 2. The van der Waals surface area contributed by atoms with E-state index in [4.69, 9.17) is 0 Å². The molecule has 134 valence electrons. The second-order valence-corrected chi connectivity index (χ2v) is 9.88. The van der Waals surface area contributed by atoms with Gasteiger partial charge in [-0.15, -0.1) is 11.3 Å². The van der Waals surface area contributed by atoms with E-state index in [0.717, 1.165) is 15.6 Å². The van der Waals surface area contributed by atoms with Crippen LogP contribution in [0, 0.1) is 0 Å². The summed E-state index contributed by atoms with van der Waals surface area (Å²) in [6.07, 6.45) is 0.434. The molecule has 0 radical (unpaired) electrons. The maximum Gasteiger partial charge on any atom is 0.263 e. The molecule has 6 heteroatoms. The fourth-order valence-corrected chi connectivity index (χ4v) is 6.26. The zero-order valence-electron chi connectivity index (χ0n) is 14.2. The van der Waals surface area contributed by atoms with Gasteiger partial charge in [-0.2, -0.15) is 0 Å². The number of fused-ring (bicyclic) bond motifs is 1. The van der Waals surface area contributed by atoms with Gasteiger partial charge in [-0.1, -0.05) is 48.5 Å². The number of thiophene rings is 1. The first kappa shape index (κ1) is 17.2. The van der Waals surface area contributed by atoms with Crippen molar-refractivity contribution in [2.24, 2.45) is 0 Å². The van der Waals surface area contributed by atoms with Gasteiger partial charge in [-0.05, 0) is 29.5 Å². The summed E-state index contributed by atoms with van der Waals surface area (Å²) in [5.74, 6) is -0.0708. The molecule has 3 aromatic rings. The molecule has 2 heterocycles. The van der Waals surface area contributed by atoms with Crippen molar-refractivity contribution >= 4 is 37.2 Å². The zero-order chi connectivity index (χ0) is 18.1. The van der Waals surface area contributed by atoms with Gasteiger partial charge >= 0.3 is 0 Å². The van der Waals surface area contributed by atoms with Crippen LogP contribution in [0.4, 0.5) is 0 Å². The maximum absolute atomic E-state index is 12.9. The van der Waals surface area contributed by atoms with Crippen molar-refractivity contribution in [2.75, 3.05) is 18.8 Å². The van der Waals surface area contributed by atoms with Crippen molar-refractivity contribution in [1.82, 2.24) is 4.90 Å². The normalized spacial score (nSPS) is 20.0. The van der Waals surface area contributed by atoms with Gasteiger partial charge < -0.3 is 4.90 Å². The molecule has 0 N–H and O–H groups in total. The Balaban J connectivity index is 1.58. The molecule has 1 fully saturated rings. The molecule has 0 aliphatic carbocycles. The van der Waals surface area contributed by atoms with Gasteiger partial charge in [-0.25, -0.2) is 8.42 Å². The first-order valence-corrected chi connectivity index (χ1v) is 11.1. The topological polar surface area (TPSA) is 54.5 Å². The molecule has 4 rings (SSSR count). The summed E-state index contributed by atoms with van der Waals surface area (Å²) in [6.45, 7) is 0.699. The largest absolute Gasteiger partial charge is 0.337 e. The lowest BCUT2D eigenvalue weighted by atomic mass is 10.1. The monoisotopic (exact) mass is 385 g/mol. The summed E-state index contributed by atoms with van der Waals surface area (Å²) in [5.41, 5.74) is 0.809. The maximum atomic E-state index is 12.9. The molecule has 1 unspecified atom stereocenters. The molecule has 0 saturated carbocycles. The van der Waals surface area contributed by atoms with Crippen molar-refractivity contribution in [3.05, 3.63) is 71.1 Å². The summed E-state index contributed by atoms with van der Waals surface area (Å²) < 4.78 is 26.5. The van der Waals surface area contributed by atoms with Crippen molar-refractivity contribution in [3.8, 4) is 0 Å². The molecular weight excluding hydrogens is 366 g/mol. The fraction of sp³-hybridized carbons (Fsp3) is 0.250. The minimum atomic E-state index is -3.28. The van der Waals surface area contributed by atoms with Gasteiger partial charge in [-0.3, -0.25) is 4.79 Å². The molecule has 1 aliphatic rings. The van der Waals surface area contributed by atoms with Crippen LogP contribution in [0.25, 0.3) is 10.1 Å². The number of sulfone groups is 1. The van der Waals surface area contributed by atoms with E-state index in [1.165, 1.54) is 11.3 Å². The van der Waals surface area contributed by atoms with E-state index in [9.17, 15) is 13.2 Å². The first-order chi connectivity index (χ1) is 12.5. The van der Waals surface area contributed by atoms with Crippen LogP contribution in [-0.2, 0) is 9.84 Å². The second kappa shape index (κ2) is 6.85. The predicted molar refractivity (Wildman–Crippen MR) is 105 cm³/mol. The highest BCUT2D eigenvalue weighted by Gasteiger charge is 2.33. The van der Waals surface area contributed by atoms with Crippen molar-refractivity contribution < 1.29 is 13.2 Å². The Bertz CT molecular complexity index is 1010. The van der Waals surface area contributed by atoms with E-state index < -0.39 is 15.1 Å². The Hall–Kier alpha value is -2.18. The molecule has 0 bridgehead atoms. The van der Waals surface area contributed by atoms with Crippen LogP contribution in [0.5, 0.6) is 0 Å². The molecular formula is C20H19NO3S2. The highest BCUT2D eigenvalue weighted by atomic mass is 32.2. The molecule has 1 amide bonds. The van der Waals surface area contributed by atoms with E-state index in [-0.39, 0.29) is 18.2 Å². The number of hydrogen-bond donors (Lipinski definition) is 0. The standard InChI is InChI=1S/C20H19NO3S2/c22-20(18-14-16-8-4-5-9-17(16)25-18)21-11-10-19(26(23,24)13-12-21)15-6-2-1-3-7-15/h1-9,14,19H,10-13H2.